The number of aryl methyl sites for hydroxylation is 2. The number of aliphatic hydroxyl groups is 1. The summed E-state index contributed by atoms with van der Waals surface area (Å²) < 4.78 is 7.18. The highest BCUT2D eigenvalue weighted by Crippen LogP contribution is 2.18. The van der Waals surface area contributed by atoms with Crippen molar-refractivity contribution < 1.29 is 24.2 Å². The van der Waals surface area contributed by atoms with Crippen LogP contribution in [0, 0.1) is 13.8 Å². The number of nitrogens with zero attached hydrogens (tertiary/aromatic N) is 1. The lowest BCUT2D eigenvalue weighted by Gasteiger charge is -2.15. The summed E-state index contributed by atoms with van der Waals surface area (Å²) in [6.07, 6.45) is 0.871. The minimum absolute atomic E-state index is 0.333. The number of ether oxygens (including phenoxy) is 1. The highest BCUT2D eigenvalue weighted by atomic mass is 32.1. The van der Waals surface area contributed by atoms with Gasteiger partial charge in [-0.05, 0) is 49.9 Å². The number of aliphatic hydroxyl groups excluding tert-OH is 1. The standard InChI is InChI=1S/C24H26N2O5S/c1-16-13-20(17(2)26(16)11-10-19-9-6-12-32-19)22(28)15-31-24(30)21(14-27)25-23(29)18-7-4-3-5-8-18/h3-9,12-13,21,27H,10-11,14-15H2,1-2H3,(H,25,29). The molecule has 3 aromatic rings. The largest absolute Gasteiger partial charge is 0.456 e. The third-order valence-corrected chi connectivity index (χ3v) is 6.13. The Hall–Kier alpha value is -3.23. The summed E-state index contributed by atoms with van der Waals surface area (Å²) >= 11 is 1.70. The number of esters is 1. The first-order chi connectivity index (χ1) is 15.4. The monoisotopic (exact) mass is 454 g/mol. The number of nitrogens with one attached hydrogen (secondary N) is 1. The van der Waals surface area contributed by atoms with Gasteiger partial charge in [-0.25, -0.2) is 4.79 Å². The van der Waals surface area contributed by atoms with Gasteiger partial charge in [-0.15, -0.1) is 11.3 Å². The van der Waals surface area contributed by atoms with E-state index in [9.17, 15) is 19.5 Å². The van der Waals surface area contributed by atoms with Crippen molar-refractivity contribution in [3.05, 3.63) is 81.3 Å². The maximum atomic E-state index is 12.7. The predicted molar refractivity (Wildman–Crippen MR) is 122 cm³/mol. The molecule has 8 heteroatoms. The Morgan fingerprint density at radius 3 is 2.53 bits per heavy atom. The number of aromatic nitrogens is 1. The first kappa shape index (κ1) is 23.4. The molecule has 0 radical (unpaired) electrons. The highest BCUT2D eigenvalue weighted by molar-refractivity contribution is 7.09. The average molecular weight is 455 g/mol. The van der Waals surface area contributed by atoms with Gasteiger partial charge in [-0.1, -0.05) is 24.3 Å². The molecule has 0 aliphatic carbocycles. The Labute approximate surface area is 190 Å². The van der Waals surface area contributed by atoms with Gasteiger partial charge in [-0.3, -0.25) is 9.59 Å². The van der Waals surface area contributed by atoms with Crippen LogP contribution in [0.4, 0.5) is 0 Å². The molecule has 0 spiro atoms. The van der Waals surface area contributed by atoms with Gasteiger partial charge in [0.1, 0.15) is 0 Å². The number of benzene rings is 1. The van der Waals surface area contributed by atoms with E-state index in [1.807, 2.05) is 25.3 Å². The third kappa shape index (κ3) is 5.72. The molecule has 0 aliphatic rings. The normalized spacial score (nSPS) is 11.7. The molecule has 3 rings (SSSR count). The van der Waals surface area contributed by atoms with Crippen molar-refractivity contribution in [2.24, 2.45) is 0 Å². The van der Waals surface area contributed by atoms with Crippen LogP contribution in [0.3, 0.4) is 0 Å². The third-order valence-electron chi connectivity index (χ3n) is 5.19. The van der Waals surface area contributed by atoms with E-state index in [0.717, 1.165) is 24.4 Å². The molecule has 0 saturated heterocycles. The molecule has 168 valence electrons. The maximum absolute atomic E-state index is 12.7. The Morgan fingerprint density at radius 1 is 1.12 bits per heavy atom. The summed E-state index contributed by atoms with van der Waals surface area (Å²) in [5.41, 5.74) is 2.62. The summed E-state index contributed by atoms with van der Waals surface area (Å²) in [7, 11) is 0. The number of hydrogen-bond acceptors (Lipinski definition) is 6. The fourth-order valence-corrected chi connectivity index (χ4v) is 4.13. The lowest BCUT2D eigenvalue weighted by molar-refractivity contribution is -0.145. The number of thiophene rings is 1. The Balaban J connectivity index is 1.57. The van der Waals surface area contributed by atoms with E-state index < -0.39 is 31.1 Å². The van der Waals surface area contributed by atoms with Gasteiger partial charge in [0.15, 0.2) is 12.6 Å². The molecule has 0 fully saturated rings. The average Bonchev–Trinajstić information content (AvgIpc) is 3.42. The molecule has 7 nitrogen and oxygen atoms in total. The summed E-state index contributed by atoms with van der Waals surface area (Å²) in [5, 5.41) is 14.0. The quantitative estimate of drug-likeness (QED) is 0.363. The van der Waals surface area contributed by atoms with Crippen LogP contribution in [0.2, 0.25) is 0 Å². The van der Waals surface area contributed by atoms with Crippen LogP contribution in [-0.4, -0.2) is 46.6 Å². The number of carbonyl (C=O) groups is 3. The Kier molecular flexibility index (Phi) is 7.97. The summed E-state index contributed by atoms with van der Waals surface area (Å²) in [4.78, 5) is 38.5. The van der Waals surface area contributed by atoms with E-state index in [-0.39, 0.29) is 5.78 Å². The Morgan fingerprint density at radius 2 is 1.88 bits per heavy atom. The molecule has 1 amide bonds. The first-order valence-electron chi connectivity index (χ1n) is 10.3. The number of amides is 1. The van der Waals surface area contributed by atoms with Gasteiger partial charge in [0.05, 0.1) is 6.61 Å². The zero-order chi connectivity index (χ0) is 23.1. The zero-order valence-electron chi connectivity index (χ0n) is 18.0. The van der Waals surface area contributed by atoms with Crippen LogP contribution >= 0.6 is 11.3 Å². The Bertz CT molecular complexity index is 1070. The minimum Gasteiger partial charge on any atom is -0.456 e. The van der Waals surface area contributed by atoms with Gasteiger partial charge in [0, 0.05) is 33.9 Å². The van der Waals surface area contributed by atoms with Crippen molar-refractivity contribution in [2.45, 2.75) is 32.9 Å². The predicted octanol–water partition coefficient (Wildman–Crippen LogP) is 2.93. The minimum atomic E-state index is -1.26. The summed E-state index contributed by atoms with van der Waals surface area (Å²) in [6, 6.07) is 13.0. The number of rotatable bonds is 10. The number of carbonyl (C=O) groups excluding carboxylic acids is 3. The lowest BCUT2D eigenvalue weighted by Crippen LogP contribution is -2.44. The van der Waals surface area contributed by atoms with Crippen LogP contribution in [-0.2, 0) is 22.5 Å². The summed E-state index contributed by atoms with van der Waals surface area (Å²) in [6.45, 7) is 3.45. The fourth-order valence-electron chi connectivity index (χ4n) is 3.43. The van der Waals surface area contributed by atoms with E-state index in [2.05, 4.69) is 16.0 Å². The molecule has 32 heavy (non-hydrogen) atoms. The molecule has 0 aliphatic heterocycles. The molecule has 1 aromatic carbocycles. The van der Waals surface area contributed by atoms with Gasteiger partial charge in [-0.2, -0.15) is 0 Å². The van der Waals surface area contributed by atoms with Gasteiger partial charge in [0.2, 0.25) is 5.78 Å². The van der Waals surface area contributed by atoms with E-state index in [1.165, 1.54) is 4.88 Å². The fraction of sp³-hybridized carbons (Fsp3) is 0.292. The van der Waals surface area contributed by atoms with Crippen molar-refractivity contribution in [1.82, 2.24) is 9.88 Å². The second-order valence-electron chi connectivity index (χ2n) is 7.37. The van der Waals surface area contributed by atoms with E-state index >= 15 is 0 Å². The molecule has 2 aromatic heterocycles. The lowest BCUT2D eigenvalue weighted by atomic mass is 10.1. The smallest absolute Gasteiger partial charge is 0.331 e. The van der Waals surface area contributed by atoms with Crippen LogP contribution in [0.15, 0.2) is 53.9 Å². The van der Waals surface area contributed by atoms with Crippen LogP contribution in [0.5, 0.6) is 0 Å². The number of hydrogen-bond donors (Lipinski definition) is 2. The van der Waals surface area contributed by atoms with E-state index in [4.69, 9.17) is 4.74 Å². The molecule has 2 heterocycles. The molecular formula is C24H26N2O5S. The number of Topliss-reactive ketones (excluding diaryl/α,β-unsaturated/α-hetero) is 1. The highest BCUT2D eigenvalue weighted by Gasteiger charge is 2.24. The van der Waals surface area contributed by atoms with Crippen molar-refractivity contribution in [3.63, 3.8) is 0 Å². The molecule has 1 atom stereocenters. The van der Waals surface area contributed by atoms with E-state index in [0.29, 0.717) is 11.1 Å². The summed E-state index contributed by atoms with van der Waals surface area (Å²) in [5.74, 6) is -1.71. The van der Waals surface area contributed by atoms with E-state index in [1.54, 1.807) is 47.7 Å². The molecule has 2 N–H and O–H groups in total. The molecule has 1 unspecified atom stereocenters. The van der Waals surface area contributed by atoms with Crippen molar-refractivity contribution in [2.75, 3.05) is 13.2 Å². The van der Waals surface area contributed by atoms with Crippen LogP contribution < -0.4 is 5.32 Å². The molecule has 0 saturated carbocycles. The maximum Gasteiger partial charge on any atom is 0.331 e. The van der Waals surface area contributed by atoms with Crippen molar-refractivity contribution in [1.29, 1.82) is 0 Å². The van der Waals surface area contributed by atoms with Crippen molar-refractivity contribution >= 4 is 29.0 Å². The molecular weight excluding hydrogens is 428 g/mol. The van der Waals surface area contributed by atoms with Gasteiger partial charge >= 0.3 is 5.97 Å². The van der Waals surface area contributed by atoms with Gasteiger partial charge in [0.25, 0.3) is 5.91 Å². The second kappa shape index (κ2) is 10.9. The van der Waals surface area contributed by atoms with Crippen LogP contribution in [0.25, 0.3) is 0 Å². The first-order valence-corrected chi connectivity index (χ1v) is 11.1. The van der Waals surface area contributed by atoms with Crippen LogP contribution in [0.1, 0.15) is 37.0 Å². The second-order valence-corrected chi connectivity index (χ2v) is 8.40. The zero-order valence-corrected chi connectivity index (χ0v) is 18.9. The number of ketones is 1. The van der Waals surface area contributed by atoms with Gasteiger partial charge < -0.3 is 19.7 Å². The molecule has 0 bridgehead atoms. The topological polar surface area (TPSA) is 97.6 Å². The SMILES string of the molecule is Cc1cc(C(=O)COC(=O)C(CO)NC(=O)c2ccccc2)c(C)n1CCc1cccs1. The van der Waals surface area contributed by atoms with Crippen molar-refractivity contribution in [3.8, 4) is 0 Å².